The number of aromatic nitrogens is 3. The minimum atomic E-state index is -3.43. The third-order valence-corrected chi connectivity index (χ3v) is 3.52. The first-order valence-corrected chi connectivity index (χ1v) is 6.15. The second-order valence-electron chi connectivity index (χ2n) is 3.44. The van der Waals surface area contributed by atoms with Crippen molar-refractivity contribution >= 4 is 10.0 Å². The summed E-state index contributed by atoms with van der Waals surface area (Å²) in [5, 5.41) is 6.36. The third-order valence-electron chi connectivity index (χ3n) is 2.14. The average Bonchev–Trinajstić information content (AvgIpc) is 2.85. The van der Waals surface area contributed by atoms with E-state index >= 15 is 0 Å². The van der Waals surface area contributed by atoms with Gasteiger partial charge in [0.15, 0.2) is 0 Å². The van der Waals surface area contributed by atoms with Crippen molar-refractivity contribution in [2.45, 2.75) is 11.4 Å². The van der Waals surface area contributed by atoms with E-state index in [1.807, 2.05) is 0 Å². The van der Waals surface area contributed by atoms with Crippen LogP contribution in [0.25, 0.3) is 0 Å². The number of aromatic amines is 1. The van der Waals surface area contributed by atoms with Crippen molar-refractivity contribution < 1.29 is 8.42 Å². The van der Waals surface area contributed by atoms with E-state index in [9.17, 15) is 8.42 Å². The molecule has 2 rings (SSSR count). The van der Waals surface area contributed by atoms with Crippen molar-refractivity contribution in [3.8, 4) is 0 Å². The predicted octanol–water partition coefficient (Wildman–Crippen LogP) is 0.227. The monoisotopic (exact) mass is 240 g/mol. The van der Waals surface area contributed by atoms with Crippen molar-refractivity contribution in [2.75, 3.05) is 0 Å². The second-order valence-corrected chi connectivity index (χ2v) is 5.21. The van der Waals surface area contributed by atoms with Crippen molar-refractivity contribution in [2.24, 2.45) is 7.05 Å². The molecule has 0 aliphatic heterocycles. The predicted molar refractivity (Wildman–Crippen MR) is 58.0 cm³/mol. The molecule has 7 heteroatoms. The van der Waals surface area contributed by atoms with Crippen molar-refractivity contribution in [1.82, 2.24) is 19.5 Å². The summed E-state index contributed by atoms with van der Waals surface area (Å²) in [5.41, 5.74) is 0.791. The van der Waals surface area contributed by atoms with E-state index in [2.05, 4.69) is 14.9 Å². The number of aryl methyl sites for hydroxylation is 1. The van der Waals surface area contributed by atoms with Gasteiger partial charge in [-0.1, -0.05) is 0 Å². The second kappa shape index (κ2) is 4.11. The minimum absolute atomic E-state index is 0.230. The molecular weight excluding hydrogens is 228 g/mol. The van der Waals surface area contributed by atoms with E-state index < -0.39 is 10.0 Å². The zero-order chi connectivity index (χ0) is 11.6. The Balaban J connectivity index is 2.09. The van der Waals surface area contributed by atoms with Gasteiger partial charge in [-0.3, -0.25) is 5.10 Å². The summed E-state index contributed by atoms with van der Waals surface area (Å²) in [6.07, 6.45) is 6.46. The highest BCUT2D eigenvalue weighted by Gasteiger charge is 2.14. The quantitative estimate of drug-likeness (QED) is 0.802. The van der Waals surface area contributed by atoms with Gasteiger partial charge < -0.3 is 4.57 Å². The molecule has 0 amide bonds. The largest absolute Gasteiger partial charge is 0.356 e. The summed E-state index contributed by atoms with van der Waals surface area (Å²) >= 11 is 0. The molecule has 0 saturated heterocycles. The van der Waals surface area contributed by atoms with E-state index in [1.165, 1.54) is 0 Å². The van der Waals surface area contributed by atoms with Crippen molar-refractivity contribution in [3.63, 3.8) is 0 Å². The first kappa shape index (κ1) is 10.9. The zero-order valence-electron chi connectivity index (χ0n) is 8.71. The number of H-pyrrole nitrogens is 1. The van der Waals surface area contributed by atoms with Crippen LogP contribution in [0.1, 0.15) is 5.56 Å². The van der Waals surface area contributed by atoms with Crippen LogP contribution in [-0.2, 0) is 23.6 Å². The maximum absolute atomic E-state index is 11.8. The van der Waals surface area contributed by atoms with Crippen LogP contribution in [-0.4, -0.2) is 23.2 Å². The standard InChI is InChI=1S/C9H12N4O2S/c1-13-3-2-9(7-13)16(14,15)12-6-8-4-10-11-5-8/h2-5,7,12H,6H2,1H3,(H,10,11). The van der Waals surface area contributed by atoms with E-state index in [1.54, 1.807) is 42.5 Å². The fourth-order valence-electron chi connectivity index (χ4n) is 1.27. The first-order chi connectivity index (χ1) is 7.58. The highest BCUT2D eigenvalue weighted by molar-refractivity contribution is 7.89. The van der Waals surface area contributed by atoms with E-state index in [4.69, 9.17) is 0 Å². The number of hydrogen-bond donors (Lipinski definition) is 2. The van der Waals surface area contributed by atoms with Gasteiger partial charge in [0.2, 0.25) is 10.0 Å². The normalized spacial score (nSPS) is 11.8. The Labute approximate surface area is 93.3 Å². The van der Waals surface area contributed by atoms with Crippen LogP contribution >= 0.6 is 0 Å². The Bertz CT molecular complexity index is 556. The molecular formula is C9H12N4O2S. The Morgan fingerprint density at radius 3 is 2.94 bits per heavy atom. The molecule has 0 aromatic carbocycles. The molecule has 0 radical (unpaired) electrons. The molecule has 2 N–H and O–H groups in total. The average molecular weight is 240 g/mol. The molecule has 86 valence electrons. The number of sulfonamides is 1. The first-order valence-electron chi connectivity index (χ1n) is 4.67. The molecule has 0 saturated carbocycles. The van der Waals surface area contributed by atoms with Crippen LogP contribution in [0.5, 0.6) is 0 Å². The van der Waals surface area contributed by atoms with Crippen LogP contribution in [0, 0.1) is 0 Å². The molecule has 2 aromatic heterocycles. The number of nitrogens with zero attached hydrogens (tertiary/aromatic N) is 2. The van der Waals surface area contributed by atoms with Gasteiger partial charge in [0, 0.05) is 37.7 Å². The Morgan fingerprint density at radius 2 is 2.38 bits per heavy atom. The summed E-state index contributed by atoms with van der Waals surface area (Å²) in [6.45, 7) is 0.230. The third kappa shape index (κ3) is 2.31. The molecule has 0 bridgehead atoms. The Kier molecular flexibility index (Phi) is 2.80. The highest BCUT2D eigenvalue weighted by atomic mass is 32.2. The van der Waals surface area contributed by atoms with E-state index in [0.717, 1.165) is 5.56 Å². The van der Waals surface area contributed by atoms with Gasteiger partial charge in [-0.05, 0) is 6.07 Å². The van der Waals surface area contributed by atoms with Gasteiger partial charge in [0.25, 0.3) is 0 Å². The van der Waals surface area contributed by atoms with Crippen LogP contribution in [0.4, 0.5) is 0 Å². The lowest BCUT2D eigenvalue weighted by molar-refractivity contribution is 0.581. The molecule has 2 heterocycles. The summed E-state index contributed by atoms with van der Waals surface area (Å²) < 4.78 is 27.7. The SMILES string of the molecule is Cn1ccc(S(=O)(=O)NCc2cn[nH]c2)c1. The minimum Gasteiger partial charge on any atom is -0.356 e. The number of nitrogens with one attached hydrogen (secondary N) is 2. The number of rotatable bonds is 4. The lowest BCUT2D eigenvalue weighted by atomic mass is 10.4. The molecule has 2 aromatic rings. The van der Waals surface area contributed by atoms with Gasteiger partial charge in [0.1, 0.15) is 0 Å². The van der Waals surface area contributed by atoms with Crippen molar-refractivity contribution in [1.29, 1.82) is 0 Å². The smallest absolute Gasteiger partial charge is 0.242 e. The summed E-state index contributed by atoms with van der Waals surface area (Å²) in [6, 6.07) is 1.55. The zero-order valence-corrected chi connectivity index (χ0v) is 9.53. The molecule has 0 atom stereocenters. The molecule has 0 fully saturated rings. The maximum atomic E-state index is 11.8. The van der Waals surface area contributed by atoms with Gasteiger partial charge >= 0.3 is 0 Å². The Morgan fingerprint density at radius 1 is 1.56 bits per heavy atom. The van der Waals surface area contributed by atoms with Crippen LogP contribution in [0.2, 0.25) is 0 Å². The molecule has 6 nitrogen and oxygen atoms in total. The van der Waals surface area contributed by atoms with Crippen molar-refractivity contribution in [3.05, 3.63) is 36.4 Å². The molecule has 16 heavy (non-hydrogen) atoms. The lowest BCUT2D eigenvalue weighted by Crippen LogP contribution is -2.22. The summed E-state index contributed by atoms with van der Waals surface area (Å²) in [5.74, 6) is 0. The van der Waals surface area contributed by atoms with Crippen LogP contribution in [0.3, 0.4) is 0 Å². The maximum Gasteiger partial charge on any atom is 0.242 e. The molecule has 0 unspecified atom stereocenters. The molecule has 0 aliphatic rings. The van der Waals surface area contributed by atoms with E-state index in [-0.39, 0.29) is 11.4 Å². The van der Waals surface area contributed by atoms with Gasteiger partial charge in [0.05, 0.1) is 11.1 Å². The highest BCUT2D eigenvalue weighted by Crippen LogP contribution is 2.08. The summed E-state index contributed by atoms with van der Waals surface area (Å²) in [7, 11) is -1.66. The lowest BCUT2D eigenvalue weighted by Gasteiger charge is -2.02. The van der Waals surface area contributed by atoms with Crippen LogP contribution in [0.15, 0.2) is 35.7 Å². The topological polar surface area (TPSA) is 79.8 Å². The molecule has 0 aliphatic carbocycles. The fourth-order valence-corrected chi connectivity index (χ4v) is 2.34. The number of hydrogen-bond acceptors (Lipinski definition) is 3. The molecule has 0 spiro atoms. The Hall–Kier alpha value is -1.60. The summed E-state index contributed by atoms with van der Waals surface area (Å²) in [4.78, 5) is 0.262. The van der Waals surface area contributed by atoms with Crippen LogP contribution < -0.4 is 4.72 Å². The van der Waals surface area contributed by atoms with Gasteiger partial charge in [-0.15, -0.1) is 0 Å². The van der Waals surface area contributed by atoms with E-state index in [0.29, 0.717) is 0 Å². The van der Waals surface area contributed by atoms with Gasteiger partial charge in [-0.25, -0.2) is 13.1 Å². The van der Waals surface area contributed by atoms with Gasteiger partial charge in [-0.2, -0.15) is 5.10 Å². The fraction of sp³-hybridized carbons (Fsp3) is 0.222.